The summed E-state index contributed by atoms with van der Waals surface area (Å²) in [6.45, 7) is 1.64. The lowest BCUT2D eigenvalue weighted by atomic mass is 9.96. The van der Waals surface area contributed by atoms with Gasteiger partial charge in [0.25, 0.3) is 5.91 Å². The van der Waals surface area contributed by atoms with Gasteiger partial charge in [0, 0.05) is 6.20 Å². The lowest BCUT2D eigenvalue weighted by Crippen LogP contribution is -2.48. The van der Waals surface area contributed by atoms with E-state index in [9.17, 15) is 14.3 Å². The summed E-state index contributed by atoms with van der Waals surface area (Å²) in [5, 5.41) is 10.5. The summed E-state index contributed by atoms with van der Waals surface area (Å²) in [7, 11) is 0. The molecule has 4 rings (SSSR count). The number of aromatic nitrogens is 1. The van der Waals surface area contributed by atoms with Crippen molar-refractivity contribution in [2.24, 2.45) is 0 Å². The van der Waals surface area contributed by atoms with Crippen molar-refractivity contribution in [3.63, 3.8) is 0 Å². The van der Waals surface area contributed by atoms with Crippen LogP contribution in [0.1, 0.15) is 46.3 Å². The monoisotopic (exact) mass is 390 g/mol. The average molecular weight is 391 g/mol. The Morgan fingerprint density at radius 1 is 1.41 bits per heavy atom. The van der Waals surface area contributed by atoms with Gasteiger partial charge >= 0.3 is 0 Å². The summed E-state index contributed by atoms with van der Waals surface area (Å²) in [5.41, 5.74) is 2.22. The molecule has 2 aromatic rings. The van der Waals surface area contributed by atoms with Gasteiger partial charge in [-0.15, -0.1) is 0 Å². The molecule has 0 saturated heterocycles. The highest BCUT2D eigenvalue weighted by molar-refractivity contribution is 6.29. The zero-order valence-electron chi connectivity index (χ0n) is 14.9. The highest BCUT2D eigenvalue weighted by Crippen LogP contribution is 2.36. The predicted octanol–water partition coefficient (Wildman–Crippen LogP) is 3.48. The van der Waals surface area contributed by atoms with Crippen molar-refractivity contribution in [1.82, 2.24) is 9.88 Å². The van der Waals surface area contributed by atoms with Crippen LogP contribution in [0.3, 0.4) is 0 Å². The standard InChI is InChI=1S/C20H20ClFN2O3/c1-11-13(7-12-5-6-17(21)23-9-12)8-14-19(18(11)22)27-10-24(20(14)26)15-3-2-4-16(15)25/h5-6,8-9,15-16,25H,2-4,7,10H2,1H3/t15-,16-/m0/s1. The fraction of sp³-hybridized carbons (Fsp3) is 0.400. The van der Waals surface area contributed by atoms with Crippen LogP contribution in [0.5, 0.6) is 5.75 Å². The highest BCUT2D eigenvalue weighted by atomic mass is 35.5. The van der Waals surface area contributed by atoms with Gasteiger partial charge in [0.2, 0.25) is 0 Å². The van der Waals surface area contributed by atoms with Gasteiger partial charge in [-0.1, -0.05) is 17.7 Å². The van der Waals surface area contributed by atoms with Crippen LogP contribution in [0, 0.1) is 12.7 Å². The molecule has 0 spiro atoms. The topological polar surface area (TPSA) is 62.7 Å². The molecule has 0 radical (unpaired) electrons. The minimum atomic E-state index is -0.561. The van der Waals surface area contributed by atoms with E-state index in [-0.39, 0.29) is 30.0 Å². The first-order chi connectivity index (χ1) is 13.0. The minimum absolute atomic E-state index is 0.000724. The first kappa shape index (κ1) is 18.2. The molecule has 2 heterocycles. The molecule has 27 heavy (non-hydrogen) atoms. The zero-order valence-corrected chi connectivity index (χ0v) is 15.7. The molecule has 1 aromatic heterocycles. The molecule has 2 aliphatic rings. The van der Waals surface area contributed by atoms with E-state index in [4.69, 9.17) is 16.3 Å². The van der Waals surface area contributed by atoms with Crippen LogP contribution < -0.4 is 4.74 Å². The van der Waals surface area contributed by atoms with Gasteiger partial charge in [-0.3, -0.25) is 9.69 Å². The number of pyridine rings is 1. The molecule has 7 heteroatoms. The summed E-state index contributed by atoms with van der Waals surface area (Å²) in [6, 6.07) is 4.92. The number of aliphatic hydroxyl groups is 1. The van der Waals surface area contributed by atoms with Crippen molar-refractivity contribution in [1.29, 1.82) is 0 Å². The van der Waals surface area contributed by atoms with E-state index < -0.39 is 11.9 Å². The summed E-state index contributed by atoms with van der Waals surface area (Å²) in [6.07, 6.45) is 3.76. The molecule has 1 N–H and O–H groups in total. The Balaban J connectivity index is 1.68. The molecule has 1 aliphatic heterocycles. The first-order valence-electron chi connectivity index (χ1n) is 9.00. The van der Waals surface area contributed by atoms with Crippen molar-refractivity contribution in [3.8, 4) is 5.75 Å². The number of hydrogen-bond acceptors (Lipinski definition) is 4. The second-order valence-corrected chi connectivity index (χ2v) is 7.52. The second-order valence-electron chi connectivity index (χ2n) is 7.13. The number of carbonyl (C=O) groups is 1. The smallest absolute Gasteiger partial charge is 0.260 e. The molecule has 2 atom stereocenters. The van der Waals surface area contributed by atoms with Crippen molar-refractivity contribution < 1.29 is 19.0 Å². The third-order valence-electron chi connectivity index (χ3n) is 5.44. The van der Waals surface area contributed by atoms with E-state index in [1.54, 1.807) is 25.3 Å². The van der Waals surface area contributed by atoms with E-state index in [0.29, 0.717) is 29.1 Å². The van der Waals surface area contributed by atoms with E-state index in [2.05, 4.69) is 4.98 Å². The summed E-state index contributed by atoms with van der Waals surface area (Å²) < 4.78 is 20.5. The van der Waals surface area contributed by atoms with Gasteiger partial charge in [0.05, 0.1) is 17.7 Å². The molecule has 5 nitrogen and oxygen atoms in total. The number of benzene rings is 1. The van der Waals surface area contributed by atoms with Crippen LogP contribution in [-0.2, 0) is 6.42 Å². The van der Waals surface area contributed by atoms with Crippen LogP contribution in [0.4, 0.5) is 4.39 Å². The first-order valence-corrected chi connectivity index (χ1v) is 9.37. The highest BCUT2D eigenvalue weighted by Gasteiger charge is 2.38. The van der Waals surface area contributed by atoms with Gasteiger partial charge in [-0.25, -0.2) is 9.37 Å². The molecule has 0 bridgehead atoms. The SMILES string of the molecule is Cc1c(Cc2ccc(Cl)nc2)cc2c(c1F)OCN([C@H]1CCC[C@@H]1O)C2=O. The Kier molecular flexibility index (Phi) is 4.78. The maximum atomic E-state index is 14.9. The number of aliphatic hydroxyl groups excluding tert-OH is 1. The number of fused-ring (bicyclic) bond motifs is 1. The van der Waals surface area contributed by atoms with Gasteiger partial charge in [0.15, 0.2) is 18.3 Å². The molecule has 1 aromatic carbocycles. The average Bonchev–Trinajstić information content (AvgIpc) is 3.08. The van der Waals surface area contributed by atoms with Gasteiger partial charge in [-0.2, -0.15) is 0 Å². The summed E-state index contributed by atoms with van der Waals surface area (Å²) in [5.74, 6) is -0.805. The van der Waals surface area contributed by atoms with Crippen LogP contribution >= 0.6 is 11.6 Å². The zero-order chi connectivity index (χ0) is 19.1. The molecular formula is C20H20ClFN2O3. The summed E-state index contributed by atoms with van der Waals surface area (Å²) >= 11 is 5.82. The predicted molar refractivity (Wildman–Crippen MR) is 98.5 cm³/mol. The lowest BCUT2D eigenvalue weighted by molar-refractivity contribution is 0.0115. The molecule has 1 fully saturated rings. The Bertz CT molecular complexity index is 888. The van der Waals surface area contributed by atoms with Gasteiger partial charge in [-0.05, 0) is 61.4 Å². The fourth-order valence-electron chi connectivity index (χ4n) is 3.87. The van der Waals surface area contributed by atoms with Crippen LogP contribution in [0.25, 0.3) is 0 Å². The normalized spacial score (nSPS) is 21.9. The number of carbonyl (C=O) groups excluding carboxylic acids is 1. The van der Waals surface area contributed by atoms with Gasteiger partial charge < -0.3 is 9.84 Å². The second kappa shape index (κ2) is 7.09. The fourth-order valence-corrected chi connectivity index (χ4v) is 3.98. The number of amides is 1. The molecule has 142 valence electrons. The van der Waals surface area contributed by atoms with Crippen molar-refractivity contribution in [3.05, 3.63) is 57.6 Å². The third-order valence-corrected chi connectivity index (χ3v) is 5.66. The molecule has 1 amide bonds. The number of hydrogen-bond donors (Lipinski definition) is 1. The Morgan fingerprint density at radius 2 is 2.22 bits per heavy atom. The minimum Gasteiger partial charge on any atom is -0.469 e. The molecule has 1 saturated carbocycles. The van der Waals surface area contributed by atoms with E-state index in [1.165, 1.54) is 4.90 Å². The van der Waals surface area contributed by atoms with Crippen molar-refractivity contribution in [2.45, 2.75) is 44.8 Å². The van der Waals surface area contributed by atoms with Crippen LogP contribution in [-0.4, -0.2) is 39.8 Å². The van der Waals surface area contributed by atoms with Crippen molar-refractivity contribution in [2.75, 3.05) is 6.73 Å². The molecular weight excluding hydrogens is 371 g/mol. The Morgan fingerprint density at radius 3 is 2.89 bits per heavy atom. The summed E-state index contributed by atoms with van der Waals surface area (Å²) in [4.78, 5) is 18.6. The number of nitrogens with zero attached hydrogens (tertiary/aromatic N) is 2. The quantitative estimate of drug-likeness (QED) is 0.815. The Hall–Kier alpha value is -2.18. The van der Waals surface area contributed by atoms with E-state index in [0.717, 1.165) is 18.4 Å². The Labute approximate surface area is 161 Å². The van der Waals surface area contributed by atoms with Crippen molar-refractivity contribution >= 4 is 17.5 Å². The molecule has 0 unspecified atom stereocenters. The lowest BCUT2D eigenvalue weighted by Gasteiger charge is -2.35. The van der Waals surface area contributed by atoms with E-state index >= 15 is 0 Å². The molecule has 1 aliphatic carbocycles. The van der Waals surface area contributed by atoms with Crippen LogP contribution in [0.15, 0.2) is 24.4 Å². The number of halogens is 2. The van der Waals surface area contributed by atoms with E-state index in [1.807, 2.05) is 6.07 Å². The van der Waals surface area contributed by atoms with Crippen LogP contribution in [0.2, 0.25) is 5.15 Å². The van der Waals surface area contributed by atoms with Gasteiger partial charge in [0.1, 0.15) is 5.15 Å². The third kappa shape index (κ3) is 3.28. The maximum Gasteiger partial charge on any atom is 0.260 e. The largest absolute Gasteiger partial charge is 0.469 e. The number of rotatable bonds is 3. The maximum absolute atomic E-state index is 14.9. The number of ether oxygens (including phenoxy) is 1.